The Bertz CT molecular complexity index is 395. The molecule has 0 radical (unpaired) electrons. The molecule has 0 atom stereocenters. The molecular weight excluding hydrogens is 212 g/mol. The second kappa shape index (κ2) is 4.67. The number of aliphatic hydroxyl groups is 1. The van der Waals surface area contributed by atoms with Gasteiger partial charge in [-0.1, -0.05) is 12.1 Å². The van der Waals surface area contributed by atoms with Crippen molar-refractivity contribution in [2.24, 2.45) is 5.73 Å². The third kappa shape index (κ3) is 2.61. The maximum Gasteiger partial charge on any atom is 0.0803 e. The number of hydrogen-bond acceptors (Lipinski definition) is 3. The summed E-state index contributed by atoms with van der Waals surface area (Å²) >= 11 is 0. The molecule has 17 heavy (non-hydrogen) atoms. The summed E-state index contributed by atoms with van der Waals surface area (Å²) < 4.78 is 0. The van der Waals surface area contributed by atoms with Gasteiger partial charge in [0.15, 0.2) is 0 Å². The van der Waals surface area contributed by atoms with E-state index in [9.17, 15) is 5.11 Å². The predicted octanol–water partition coefficient (Wildman–Crippen LogP) is 1.59. The van der Waals surface area contributed by atoms with Gasteiger partial charge in [0.05, 0.1) is 5.60 Å². The summed E-state index contributed by atoms with van der Waals surface area (Å²) in [6.07, 6.45) is 1.52. The minimum Gasteiger partial charge on any atom is -0.388 e. The number of aryl methyl sites for hydroxylation is 2. The van der Waals surface area contributed by atoms with Crippen LogP contribution in [-0.2, 0) is 0 Å². The molecule has 2 rings (SSSR count). The first kappa shape index (κ1) is 12.4. The second-order valence-electron chi connectivity index (χ2n) is 5.21. The van der Waals surface area contributed by atoms with Crippen LogP contribution < -0.4 is 10.6 Å². The van der Waals surface area contributed by atoms with Gasteiger partial charge in [-0.3, -0.25) is 0 Å². The highest BCUT2D eigenvalue weighted by molar-refractivity contribution is 5.55. The lowest BCUT2D eigenvalue weighted by Gasteiger charge is -2.39. The van der Waals surface area contributed by atoms with Crippen molar-refractivity contribution in [2.75, 3.05) is 24.5 Å². The fourth-order valence-electron chi connectivity index (χ4n) is 2.43. The Hall–Kier alpha value is -1.06. The Balaban J connectivity index is 2.13. The van der Waals surface area contributed by atoms with Gasteiger partial charge in [0.1, 0.15) is 0 Å². The molecule has 3 heteroatoms. The van der Waals surface area contributed by atoms with Gasteiger partial charge in [0.25, 0.3) is 0 Å². The molecule has 1 saturated heterocycles. The Kier molecular flexibility index (Phi) is 3.40. The standard InChI is InChI=1S/C14H22N2O/c1-11-3-4-12(2)13(9-11)16-7-5-14(17,10-15)6-8-16/h3-4,9,17H,5-8,10,15H2,1-2H3. The summed E-state index contributed by atoms with van der Waals surface area (Å²) in [4.78, 5) is 2.35. The number of anilines is 1. The van der Waals surface area contributed by atoms with Gasteiger partial charge < -0.3 is 15.7 Å². The number of hydrogen-bond donors (Lipinski definition) is 2. The number of nitrogens with zero attached hydrogens (tertiary/aromatic N) is 1. The summed E-state index contributed by atoms with van der Waals surface area (Å²) in [5, 5.41) is 10.1. The van der Waals surface area contributed by atoms with Crippen molar-refractivity contribution in [3.8, 4) is 0 Å². The SMILES string of the molecule is Cc1ccc(C)c(N2CCC(O)(CN)CC2)c1. The van der Waals surface area contributed by atoms with Crippen LogP contribution in [0.4, 0.5) is 5.69 Å². The number of piperidine rings is 1. The molecule has 0 aliphatic carbocycles. The Morgan fingerprint density at radius 1 is 1.29 bits per heavy atom. The van der Waals surface area contributed by atoms with Crippen molar-refractivity contribution < 1.29 is 5.11 Å². The first-order valence-corrected chi connectivity index (χ1v) is 6.29. The first-order chi connectivity index (χ1) is 8.04. The average Bonchev–Trinajstić information content (AvgIpc) is 2.34. The summed E-state index contributed by atoms with van der Waals surface area (Å²) in [5.74, 6) is 0. The lowest BCUT2D eigenvalue weighted by molar-refractivity contribution is 0.0250. The molecule has 1 fully saturated rings. The van der Waals surface area contributed by atoms with Gasteiger partial charge in [0, 0.05) is 25.3 Å². The van der Waals surface area contributed by atoms with E-state index >= 15 is 0 Å². The molecule has 0 spiro atoms. The summed E-state index contributed by atoms with van der Waals surface area (Å²) in [6.45, 7) is 6.39. The van der Waals surface area contributed by atoms with Crippen molar-refractivity contribution in [1.82, 2.24) is 0 Å². The van der Waals surface area contributed by atoms with E-state index in [1.807, 2.05) is 0 Å². The molecular formula is C14H22N2O. The monoisotopic (exact) mass is 234 g/mol. The van der Waals surface area contributed by atoms with Gasteiger partial charge in [-0.2, -0.15) is 0 Å². The molecule has 0 bridgehead atoms. The van der Waals surface area contributed by atoms with Crippen LogP contribution in [0.5, 0.6) is 0 Å². The first-order valence-electron chi connectivity index (χ1n) is 6.29. The zero-order valence-corrected chi connectivity index (χ0v) is 10.7. The van der Waals surface area contributed by atoms with Crippen LogP contribution in [0.2, 0.25) is 0 Å². The van der Waals surface area contributed by atoms with Crippen LogP contribution in [0.1, 0.15) is 24.0 Å². The fraction of sp³-hybridized carbons (Fsp3) is 0.571. The van der Waals surface area contributed by atoms with E-state index in [0.29, 0.717) is 6.54 Å². The lowest BCUT2D eigenvalue weighted by Crippen LogP contribution is -2.48. The average molecular weight is 234 g/mol. The molecule has 0 amide bonds. The molecule has 1 aliphatic heterocycles. The maximum atomic E-state index is 10.1. The van der Waals surface area contributed by atoms with Crippen molar-refractivity contribution >= 4 is 5.69 Å². The molecule has 1 aliphatic rings. The molecule has 0 saturated carbocycles. The van der Waals surface area contributed by atoms with Crippen molar-refractivity contribution in [3.05, 3.63) is 29.3 Å². The van der Waals surface area contributed by atoms with Crippen molar-refractivity contribution in [3.63, 3.8) is 0 Å². The van der Waals surface area contributed by atoms with E-state index in [2.05, 4.69) is 36.9 Å². The van der Waals surface area contributed by atoms with Gasteiger partial charge in [-0.05, 0) is 43.9 Å². The highest BCUT2D eigenvalue weighted by atomic mass is 16.3. The smallest absolute Gasteiger partial charge is 0.0803 e. The van der Waals surface area contributed by atoms with E-state index in [4.69, 9.17) is 5.73 Å². The molecule has 1 aromatic carbocycles. The van der Waals surface area contributed by atoms with E-state index in [1.54, 1.807) is 0 Å². The molecule has 3 N–H and O–H groups in total. The summed E-state index contributed by atoms with van der Waals surface area (Å²) in [7, 11) is 0. The minimum absolute atomic E-state index is 0.369. The van der Waals surface area contributed by atoms with Gasteiger partial charge in [-0.15, -0.1) is 0 Å². The number of rotatable bonds is 2. The molecule has 0 aromatic heterocycles. The van der Waals surface area contributed by atoms with Gasteiger partial charge in [-0.25, -0.2) is 0 Å². The number of benzene rings is 1. The van der Waals surface area contributed by atoms with E-state index < -0.39 is 5.60 Å². The zero-order valence-electron chi connectivity index (χ0n) is 10.7. The summed E-state index contributed by atoms with van der Waals surface area (Å²) in [6, 6.07) is 6.52. The fourth-order valence-corrected chi connectivity index (χ4v) is 2.43. The van der Waals surface area contributed by atoms with Gasteiger partial charge >= 0.3 is 0 Å². The highest BCUT2D eigenvalue weighted by Gasteiger charge is 2.31. The number of nitrogens with two attached hydrogens (primary N) is 1. The molecule has 1 heterocycles. The normalized spacial score (nSPS) is 19.4. The van der Waals surface area contributed by atoms with Crippen LogP contribution >= 0.6 is 0 Å². The van der Waals surface area contributed by atoms with E-state index in [-0.39, 0.29) is 0 Å². The Morgan fingerprint density at radius 2 is 1.94 bits per heavy atom. The van der Waals surface area contributed by atoms with Crippen molar-refractivity contribution in [2.45, 2.75) is 32.3 Å². The second-order valence-corrected chi connectivity index (χ2v) is 5.21. The highest BCUT2D eigenvalue weighted by Crippen LogP contribution is 2.28. The predicted molar refractivity (Wildman–Crippen MR) is 71.4 cm³/mol. The van der Waals surface area contributed by atoms with Crippen LogP contribution in [0.3, 0.4) is 0 Å². The Morgan fingerprint density at radius 3 is 2.53 bits per heavy atom. The molecule has 3 nitrogen and oxygen atoms in total. The Labute approximate surface area is 103 Å². The lowest BCUT2D eigenvalue weighted by atomic mass is 9.91. The minimum atomic E-state index is -0.645. The molecule has 0 unspecified atom stereocenters. The molecule has 1 aromatic rings. The van der Waals surface area contributed by atoms with Crippen LogP contribution in [0.25, 0.3) is 0 Å². The zero-order chi connectivity index (χ0) is 12.5. The van der Waals surface area contributed by atoms with Crippen molar-refractivity contribution in [1.29, 1.82) is 0 Å². The summed E-state index contributed by atoms with van der Waals surface area (Å²) in [5.41, 5.74) is 8.84. The van der Waals surface area contributed by atoms with E-state index in [1.165, 1.54) is 16.8 Å². The maximum absolute atomic E-state index is 10.1. The quantitative estimate of drug-likeness (QED) is 0.817. The largest absolute Gasteiger partial charge is 0.388 e. The van der Waals surface area contributed by atoms with Crippen LogP contribution in [-0.4, -0.2) is 30.3 Å². The van der Waals surface area contributed by atoms with Gasteiger partial charge in [0.2, 0.25) is 0 Å². The third-order valence-corrected chi connectivity index (χ3v) is 3.78. The van der Waals surface area contributed by atoms with E-state index in [0.717, 1.165) is 25.9 Å². The third-order valence-electron chi connectivity index (χ3n) is 3.78. The molecule has 94 valence electrons. The topological polar surface area (TPSA) is 49.5 Å². The van der Waals surface area contributed by atoms with Crippen LogP contribution in [0.15, 0.2) is 18.2 Å². The van der Waals surface area contributed by atoms with Crippen LogP contribution in [0, 0.1) is 13.8 Å².